The molecule has 0 unspecified atom stereocenters. The van der Waals surface area contributed by atoms with Crippen molar-refractivity contribution >= 4 is 5.69 Å². The highest BCUT2D eigenvalue weighted by Crippen LogP contribution is 2.22. The fourth-order valence-electron chi connectivity index (χ4n) is 2.43. The monoisotopic (exact) mass is 293 g/mol. The summed E-state index contributed by atoms with van der Waals surface area (Å²) in [6, 6.07) is 14.3. The van der Waals surface area contributed by atoms with E-state index in [1.165, 1.54) is 11.1 Å². The highest BCUT2D eigenvalue weighted by Gasteiger charge is 2.10. The largest absolute Gasteiger partial charge is 0.419 e. The lowest BCUT2D eigenvalue weighted by atomic mass is 10.1. The number of nitrogens with one attached hydrogen (secondary N) is 1. The summed E-state index contributed by atoms with van der Waals surface area (Å²) in [5.41, 5.74) is 5.65. The molecule has 22 heavy (non-hydrogen) atoms. The van der Waals surface area contributed by atoms with E-state index in [-0.39, 0.29) is 0 Å². The van der Waals surface area contributed by atoms with Crippen LogP contribution >= 0.6 is 0 Å². The quantitative estimate of drug-likeness (QED) is 0.780. The van der Waals surface area contributed by atoms with E-state index >= 15 is 0 Å². The number of hydrogen-bond donors (Lipinski definition) is 1. The van der Waals surface area contributed by atoms with Gasteiger partial charge in [-0.15, -0.1) is 10.2 Å². The van der Waals surface area contributed by atoms with E-state index < -0.39 is 0 Å². The predicted octanol–water partition coefficient (Wildman–Crippen LogP) is 4.27. The molecule has 0 saturated carbocycles. The molecule has 0 fully saturated rings. The summed E-state index contributed by atoms with van der Waals surface area (Å²) in [4.78, 5) is 0. The van der Waals surface area contributed by atoms with Crippen molar-refractivity contribution in [2.45, 2.75) is 27.3 Å². The van der Waals surface area contributed by atoms with Gasteiger partial charge in [0, 0.05) is 11.3 Å². The first kappa shape index (κ1) is 14.3. The maximum Gasteiger partial charge on any atom is 0.248 e. The Morgan fingerprint density at radius 2 is 1.77 bits per heavy atom. The van der Waals surface area contributed by atoms with Gasteiger partial charge in [-0.3, -0.25) is 0 Å². The van der Waals surface area contributed by atoms with Crippen LogP contribution in [-0.4, -0.2) is 10.2 Å². The van der Waals surface area contributed by atoms with Crippen molar-refractivity contribution in [2.24, 2.45) is 0 Å². The van der Waals surface area contributed by atoms with Crippen molar-refractivity contribution in [3.05, 3.63) is 65.0 Å². The topological polar surface area (TPSA) is 51.0 Å². The van der Waals surface area contributed by atoms with Gasteiger partial charge in [0.1, 0.15) is 0 Å². The van der Waals surface area contributed by atoms with E-state index in [4.69, 9.17) is 4.42 Å². The zero-order valence-corrected chi connectivity index (χ0v) is 13.1. The second-order valence-corrected chi connectivity index (χ2v) is 5.49. The van der Waals surface area contributed by atoms with Crippen LogP contribution < -0.4 is 5.32 Å². The molecule has 0 aliphatic carbocycles. The van der Waals surface area contributed by atoms with Crippen molar-refractivity contribution in [1.82, 2.24) is 10.2 Å². The Kier molecular flexibility index (Phi) is 3.92. The molecule has 0 radical (unpaired) electrons. The van der Waals surface area contributed by atoms with Crippen molar-refractivity contribution < 1.29 is 4.42 Å². The average Bonchev–Trinajstić information content (AvgIpc) is 2.95. The molecule has 0 amide bonds. The molecule has 1 heterocycles. The van der Waals surface area contributed by atoms with Crippen LogP contribution in [0.3, 0.4) is 0 Å². The first-order valence-electron chi connectivity index (χ1n) is 7.33. The van der Waals surface area contributed by atoms with Gasteiger partial charge in [-0.1, -0.05) is 35.9 Å². The predicted molar refractivity (Wildman–Crippen MR) is 87.7 cm³/mol. The van der Waals surface area contributed by atoms with E-state index in [0.717, 1.165) is 16.8 Å². The molecule has 3 rings (SSSR count). The van der Waals surface area contributed by atoms with Crippen molar-refractivity contribution in [2.75, 3.05) is 5.32 Å². The molecule has 4 nitrogen and oxygen atoms in total. The normalized spacial score (nSPS) is 10.7. The average molecular weight is 293 g/mol. The minimum atomic E-state index is 0.517. The van der Waals surface area contributed by atoms with Gasteiger partial charge in [0.15, 0.2) is 0 Å². The van der Waals surface area contributed by atoms with Gasteiger partial charge < -0.3 is 9.73 Å². The van der Waals surface area contributed by atoms with Crippen LogP contribution in [0, 0.1) is 20.8 Å². The lowest BCUT2D eigenvalue weighted by Crippen LogP contribution is -2.01. The van der Waals surface area contributed by atoms with Gasteiger partial charge in [0.05, 0.1) is 6.54 Å². The zero-order chi connectivity index (χ0) is 15.5. The second-order valence-electron chi connectivity index (χ2n) is 5.49. The van der Waals surface area contributed by atoms with E-state index in [9.17, 15) is 0 Å². The standard InChI is InChI=1S/C18H19N3O/c1-12-8-9-16(14(3)10-12)19-11-17-20-21-18(22-17)15-7-5-4-6-13(15)2/h4-10,19H,11H2,1-3H3. The molecule has 112 valence electrons. The summed E-state index contributed by atoms with van der Waals surface area (Å²) in [6.07, 6.45) is 0. The van der Waals surface area contributed by atoms with E-state index in [1.807, 2.05) is 31.2 Å². The number of aromatic nitrogens is 2. The number of hydrogen-bond acceptors (Lipinski definition) is 4. The molecule has 1 N–H and O–H groups in total. The van der Waals surface area contributed by atoms with Crippen molar-refractivity contribution in [3.8, 4) is 11.5 Å². The van der Waals surface area contributed by atoms with Crippen LogP contribution in [0.2, 0.25) is 0 Å². The highest BCUT2D eigenvalue weighted by atomic mass is 16.4. The maximum absolute atomic E-state index is 5.75. The summed E-state index contributed by atoms with van der Waals surface area (Å²) in [7, 11) is 0. The fourth-order valence-corrected chi connectivity index (χ4v) is 2.43. The molecule has 0 saturated heterocycles. The van der Waals surface area contributed by atoms with Crippen molar-refractivity contribution in [3.63, 3.8) is 0 Å². The van der Waals surface area contributed by atoms with Crippen LogP contribution in [-0.2, 0) is 6.54 Å². The van der Waals surface area contributed by atoms with Gasteiger partial charge in [-0.2, -0.15) is 0 Å². The molecule has 4 heteroatoms. The fraction of sp³-hybridized carbons (Fsp3) is 0.222. The third-order valence-electron chi connectivity index (χ3n) is 3.65. The van der Waals surface area contributed by atoms with Crippen LogP contribution in [0.15, 0.2) is 46.9 Å². The minimum absolute atomic E-state index is 0.517. The number of aryl methyl sites for hydroxylation is 3. The Morgan fingerprint density at radius 3 is 2.55 bits per heavy atom. The molecule has 0 spiro atoms. The maximum atomic E-state index is 5.75. The van der Waals surface area contributed by atoms with Gasteiger partial charge in [0.2, 0.25) is 11.8 Å². The molecular formula is C18H19N3O. The van der Waals surface area contributed by atoms with E-state index in [0.29, 0.717) is 18.3 Å². The smallest absolute Gasteiger partial charge is 0.248 e. The Bertz CT molecular complexity index is 793. The lowest BCUT2D eigenvalue weighted by molar-refractivity contribution is 0.514. The molecule has 0 aliphatic rings. The van der Waals surface area contributed by atoms with E-state index in [1.54, 1.807) is 0 Å². The van der Waals surface area contributed by atoms with Crippen LogP contribution in [0.4, 0.5) is 5.69 Å². The van der Waals surface area contributed by atoms with Gasteiger partial charge >= 0.3 is 0 Å². The molecule has 1 aromatic heterocycles. The molecule has 0 aliphatic heterocycles. The minimum Gasteiger partial charge on any atom is -0.419 e. The number of rotatable bonds is 4. The van der Waals surface area contributed by atoms with Gasteiger partial charge in [0.25, 0.3) is 0 Å². The molecule has 3 aromatic rings. The molecule has 0 bridgehead atoms. The van der Waals surface area contributed by atoms with Gasteiger partial charge in [-0.05, 0) is 44.0 Å². The Morgan fingerprint density at radius 1 is 0.955 bits per heavy atom. The number of benzene rings is 2. The summed E-state index contributed by atoms with van der Waals surface area (Å²) in [5.74, 6) is 1.15. The molecular weight excluding hydrogens is 274 g/mol. The van der Waals surface area contributed by atoms with Gasteiger partial charge in [-0.25, -0.2) is 0 Å². The first-order chi connectivity index (χ1) is 10.6. The summed E-state index contributed by atoms with van der Waals surface area (Å²) < 4.78 is 5.75. The SMILES string of the molecule is Cc1ccc(NCc2nnc(-c3ccccc3C)o2)c(C)c1. The number of anilines is 1. The highest BCUT2D eigenvalue weighted by molar-refractivity contribution is 5.57. The summed E-state index contributed by atoms with van der Waals surface area (Å²) >= 11 is 0. The summed E-state index contributed by atoms with van der Waals surface area (Å²) in [5, 5.41) is 11.6. The third-order valence-corrected chi connectivity index (χ3v) is 3.65. The Hall–Kier alpha value is -2.62. The lowest BCUT2D eigenvalue weighted by Gasteiger charge is -2.08. The molecule has 0 atom stereocenters. The second kappa shape index (κ2) is 6.02. The third kappa shape index (κ3) is 3.01. The van der Waals surface area contributed by atoms with Crippen LogP contribution in [0.5, 0.6) is 0 Å². The zero-order valence-electron chi connectivity index (χ0n) is 13.1. The van der Waals surface area contributed by atoms with E-state index in [2.05, 4.69) is 47.6 Å². The Labute approximate surface area is 130 Å². The van der Waals surface area contributed by atoms with Crippen molar-refractivity contribution in [1.29, 1.82) is 0 Å². The first-order valence-corrected chi connectivity index (χ1v) is 7.33. The van der Waals surface area contributed by atoms with Crippen LogP contribution in [0.1, 0.15) is 22.6 Å². The summed E-state index contributed by atoms with van der Waals surface area (Å²) in [6.45, 7) is 6.72. The Balaban J connectivity index is 1.74. The molecule has 2 aromatic carbocycles. The van der Waals surface area contributed by atoms with Crippen LogP contribution in [0.25, 0.3) is 11.5 Å². The number of nitrogens with zero attached hydrogens (tertiary/aromatic N) is 2.